The van der Waals surface area contributed by atoms with Crippen LogP contribution in [0, 0.1) is 3.57 Å². The van der Waals surface area contributed by atoms with E-state index in [1.54, 1.807) is 0 Å². The van der Waals surface area contributed by atoms with E-state index in [9.17, 15) is 21.6 Å². The SMILES string of the molecule is CCN(Oc1ccc(I)c2c(N)n[nH]c12)S(=O)(=O)C(F)(F)F. The number of nitrogens with two attached hydrogens (primary N) is 1. The summed E-state index contributed by atoms with van der Waals surface area (Å²) in [6.07, 6.45) is 0. The minimum atomic E-state index is -5.62. The van der Waals surface area contributed by atoms with E-state index in [4.69, 9.17) is 10.6 Å². The monoisotopic (exact) mass is 450 g/mol. The third-order valence-corrected chi connectivity index (χ3v) is 5.03. The Morgan fingerprint density at radius 2 is 2.09 bits per heavy atom. The van der Waals surface area contributed by atoms with Gasteiger partial charge in [-0.15, -0.1) is 0 Å². The molecule has 0 spiro atoms. The second-order valence-electron chi connectivity index (χ2n) is 4.07. The number of rotatable bonds is 4. The molecular formula is C10H10F3IN4O3S. The molecule has 0 aliphatic heterocycles. The Morgan fingerprint density at radius 1 is 1.45 bits per heavy atom. The highest BCUT2D eigenvalue weighted by molar-refractivity contribution is 14.1. The van der Waals surface area contributed by atoms with Gasteiger partial charge >= 0.3 is 15.5 Å². The van der Waals surface area contributed by atoms with Gasteiger partial charge in [-0.05, 0) is 46.1 Å². The van der Waals surface area contributed by atoms with Gasteiger partial charge in [0.2, 0.25) is 0 Å². The maximum absolute atomic E-state index is 12.6. The third kappa shape index (κ3) is 2.81. The summed E-state index contributed by atoms with van der Waals surface area (Å²) in [5, 5.41) is 6.69. The standard InChI is InChI=1S/C10H10F3IN4O3S/c1-2-18(22(19,20)10(11,12)13)21-6-4-3-5(14)7-8(6)16-17-9(7)15/h3-4H,2H2,1H3,(H3,15,16,17). The van der Waals surface area contributed by atoms with Crippen molar-refractivity contribution in [3.8, 4) is 5.75 Å². The third-order valence-electron chi connectivity index (χ3n) is 2.68. The lowest BCUT2D eigenvalue weighted by molar-refractivity contribution is -0.0659. The van der Waals surface area contributed by atoms with E-state index in [2.05, 4.69) is 10.2 Å². The van der Waals surface area contributed by atoms with Gasteiger partial charge in [0, 0.05) is 10.1 Å². The number of nitrogens with zero attached hydrogens (tertiary/aromatic N) is 2. The van der Waals surface area contributed by atoms with Crippen LogP contribution in [0.5, 0.6) is 5.75 Å². The first-order valence-corrected chi connectivity index (χ1v) is 8.30. The van der Waals surface area contributed by atoms with Crippen molar-refractivity contribution < 1.29 is 26.4 Å². The molecule has 1 aromatic carbocycles. The molecule has 0 radical (unpaired) electrons. The highest BCUT2D eigenvalue weighted by Gasteiger charge is 2.51. The van der Waals surface area contributed by atoms with Gasteiger partial charge in [0.15, 0.2) is 11.6 Å². The molecule has 0 aliphatic rings. The van der Waals surface area contributed by atoms with E-state index in [1.165, 1.54) is 19.1 Å². The summed E-state index contributed by atoms with van der Waals surface area (Å²) in [5.74, 6) is 0.000804. The number of hydrogen-bond acceptors (Lipinski definition) is 5. The Hall–Kier alpha value is -1.28. The van der Waals surface area contributed by atoms with Gasteiger partial charge in [-0.3, -0.25) is 5.10 Å². The molecule has 0 unspecified atom stereocenters. The minimum absolute atomic E-state index is 0.130. The first-order valence-electron chi connectivity index (χ1n) is 5.78. The molecule has 0 saturated carbocycles. The van der Waals surface area contributed by atoms with E-state index >= 15 is 0 Å². The number of aromatic amines is 1. The summed E-state index contributed by atoms with van der Waals surface area (Å²) in [4.78, 5) is 4.93. The van der Waals surface area contributed by atoms with Crippen molar-refractivity contribution in [1.82, 2.24) is 14.7 Å². The molecule has 7 nitrogen and oxygen atoms in total. The van der Waals surface area contributed by atoms with Crippen LogP contribution in [0.4, 0.5) is 19.0 Å². The van der Waals surface area contributed by atoms with Gasteiger partial charge in [-0.25, -0.2) is 0 Å². The summed E-state index contributed by atoms with van der Waals surface area (Å²) in [6, 6.07) is 2.86. The molecular weight excluding hydrogens is 440 g/mol. The molecule has 0 aliphatic carbocycles. The molecule has 0 amide bonds. The van der Waals surface area contributed by atoms with Gasteiger partial charge < -0.3 is 10.6 Å². The van der Waals surface area contributed by atoms with Crippen molar-refractivity contribution in [2.75, 3.05) is 12.3 Å². The van der Waals surface area contributed by atoms with Crippen LogP contribution in [0.15, 0.2) is 12.1 Å². The molecule has 22 heavy (non-hydrogen) atoms. The highest BCUT2D eigenvalue weighted by Crippen LogP contribution is 2.33. The molecule has 2 rings (SSSR count). The van der Waals surface area contributed by atoms with E-state index in [1.807, 2.05) is 22.6 Å². The molecule has 0 saturated heterocycles. The number of H-pyrrole nitrogens is 1. The predicted molar refractivity (Wildman–Crippen MR) is 81.2 cm³/mol. The molecule has 0 bridgehead atoms. The zero-order valence-electron chi connectivity index (χ0n) is 11.0. The minimum Gasteiger partial charge on any atom is -0.389 e. The molecule has 122 valence electrons. The normalized spacial score (nSPS) is 13.0. The maximum Gasteiger partial charge on any atom is 0.514 e. The van der Waals surface area contributed by atoms with E-state index in [0.717, 1.165) is 0 Å². The molecule has 0 atom stereocenters. The lowest BCUT2D eigenvalue weighted by Crippen LogP contribution is -2.42. The Kier molecular flexibility index (Phi) is 4.45. The quantitative estimate of drug-likeness (QED) is 0.550. The lowest BCUT2D eigenvalue weighted by Gasteiger charge is -2.21. The first-order chi connectivity index (χ1) is 10.1. The fraction of sp³-hybridized carbons (Fsp3) is 0.300. The predicted octanol–water partition coefficient (Wildman–Crippen LogP) is 2.21. The summed E-state index contributed by atoms with van der Waals surface area (Å²) in [7, 11) is -5.62. The number of benzene rings is 1. The highest BCUT2D eigenvalue weighted by atomic mass is 127. The van der Waals surface area contributed by atoms with Crippen LogP contribution in [0.25, 0.3) is 10.9 Å². The summed E-state index contributed by atoms with van der Waals surface area (Å²) >= 11 is 1.96. The molecule has 3 N–H and O–H groups in total. The maximum atomic E-state index is 12.6. The van der Waals surface area contributed by atoms with Gasteiger partial charge in [-0.1, -0.05) is 0 Å². The molecule has 1 heterocycles. The Morgan fingerprint density at radius 3 is 2.64 bits per heavy atom. The number of nitrogens with one attached hydrogen (secondary N) is 1. The van der Waals surface area contributed by atoms with Crippen molar-refractivity contribution in [3.63, 3.8) is 0 Å². The van der Waals surface area contributed by atoms with Crippen molar-refractivity contribution in [2.45, 2.75) is 12.4 Å². The Balaban J connectivity index is 2.48. The van der Waals surface area contributed by atoms with Crippen LogP contribution in [0.3, 0.4) is 0 Å². The zero-order chi connectivity index (χ0) is 16.7. The van der Waals surface area contributed by atoms with Crippen LogP contribution in [-0.2, 0) is 10.0 Å². The fourth-order valence-electron chi connectivity index (χ4n) is 1.68. The average Bonchev–Trinajstić information content (AvgIpc) is 2.80. The largest absolute Gasteiger partial charge is 0.514 e. The molecule has 2 aromatic rings. The second kappa shape index (κ2) is 5.73. The number of alkyl halides is 3. The van der Waals surface area contributed by atoms with Gasteiger partial charge in [0.05, 0.1) is 5.39 Å². The van der Waals surface area contributed by atoms with E-state index in [-0.39, 0.29) is 21.6 Å². The number of sulfonamides is 1. The van der Waals surface area contributed by atoms with E-state index < -0.39 is 22.1 Å². The first kappa shape index (κ1) is 17.1. The van der Waals surface area contributed by atoms with Crippen LogP contribution >= 0.6 is 22.6 Å². The van der Waals surface area contributed by atoms with Gasteiger partial charge in [0.1, 0.15) is 5.52 Å². The van der Waals surface area contributed by atoms with Gasteiger partial charge in [-0.2, -0.15) is 26.7 Å². The molecule has 12 heteroatoms. The Labute approximate surface area is 136 Å². The summed E-state index contributed by atoms with van der Waals surface area (Å²) in [5.41, 5.74) is 0.398. The fourth-order valence-corrected chi connectivity index (χ4v) is 3.15. The van der Waals surface area contributed by atoms with E-state index in [0.29, 0.717) is 8.96 Å². The van der Waals surface area contributed by atoms with Crippen LogP contribution in [0.1, 0.15) is 6.92 Å². The topological polar surface area (TPSA) is 101 Å². The van der Waals surface area contributed by atoms with Crippen molar-refractivity contribution in [1.29, 1.82) is 0 Å². The second-order valence-corrected chi connectivity index (χ2v) is 7.05. The number of nitrogen functional groups attached to an aromatic ring is 1. The average molecular weight is 450 g/mol. The smallest absolute Gasteiger partial charge is 0.389 e. The number of fused-ring (bicyclic) bond motifs is 1. The van der Waals surface area contributed by atoms with Crippen LogP contribution in [-0.4, -0.2) is 35.1 Å². The number of hydrogen-bond donors (Lipinski definition) is 2. The molecule has 1 aromatic heterocycles. The van der Waals surface area contributed by atoms with Crippen molar-refractivity contribution in [2.24, 2.45) is 0 Å². The van der Waals surface area contributed by atoms with Crippen LogP contribution in [0.2, 0.25) is 0 Å². The zero-order valence-corrected chi connectivity index (χ0v) is 14.0. The molecule has 0 fully saturated rings. The van der Waals surface area contributed by atoms with Gasteiger partial charge in [0.25, 0.3) is 0 Å². The number of anilines is 1. The number of aromatic nitrogens is 2. The summed E-state index contributed by atoms with van der Waals surface area (Å²) < 4.78 is 61.2. The lowest BCUT2D eigenvalue weighted by atomic mass is 10.2. The van der Waals surface area contributed by atoms with Crippen molar-refractivity contribution >= 4 is 49.3 Å². The Bertz CT molecular complexity index is 806. The number of halogens is 4. The van der Waals surface area contributed by atoms with Crippen LogP contribution < -0.4 is 10.6 Å². The van der Waals surface area contributed by atoms with Crippen molar-refractivity contribution in [3.05, 3.63) is 15.7 Å². The summed E-state index contributed by atoms with van der Waals surface area (Å²) in [6.45, 7) is 0.688. The number of hydroxylamine groups is 1.